The molecule has 1 aliphatic heterocycles. The molecular formula is C26H46N4O6. The van der Waals surface area contributed by atoms with Crippen LogP contribution in [0.3, 0.4) is 0 Å². The third-order valence-corrected chi connectivity index (χ3v) is 6.66. The Bertz CT molecular complexity index is 805. The second kappa shape index (κ2) is 17.3. The van der Waals surface area contributed by atoms with Crippen LogP contribution in [-0.4, -0.2) is 57.3 Å². The highest BCUT2D eigenvalue weighted by molar-refractivity contribution is 5.67. The lowest BCUT2D eigenvalue weighted by Crippen LogP contribution is -2.41. The van der Waals surface area contributed by atoms with E-state index >= 15 is 0 Å². The first kappa shape index (κ1) is 30.1. The molecule has 206 valence electrons. The zero-order valence-electron chi connectivity index (χ0n) is 21.8. The number of nitrogens with one attached hydrogen (secondary N) is 1. The molecule has 0 aliphatic carbocycles. The fraction of sp³-hybridized carbons (Fsp3) is 0.808. The molecule has 4 atom stereocenters. The maximum Gasteiger partial charge on any atom is 0.407 e. The lowest BCUT2D eigenvalue weighted by atomic mass is 10.0. The van der Waals surface area contributed by atoms with Crippen molar-refractivity contribution in [1.82, 2.24) is 14.9 Å². The summed E-state index contributed by atoms with van der Waals surface area (Å²) in [6, 6.07) is 1.40. The fourth-order valence-corrected chi connectivity index (χ4v) is 4.51. The molecule has 5 N–H and O–H groups in total. The summed E-state index contributed by atoms with van der Waals surface area (Å²) >= 11 is 0. The lowest BCUT2D eigenvalue weighted by Gasteiger charge is -2.22. The van der Waals surface area contributed by atoms with Crippen molar-refractivity contribution in [2.24, 2.45) is 0 Å². The number of amides is 1. The molecule has 0 saturated carbocycles. The van der Waals surface area contributed by atoms with Crippen molar-refractivity contribution in [3.8, 4) is 0 Å². The van der Waals surface area contributed by atoms with E-state index in [2.05, 4.69) is 17.2 Å². The minimum absolute atomic E-state index is 0.0388. The van der Waals surface area contributed by atoms with Crippen molar-refractivity contribution in [2.75, 3.05) is 18.9 Å². The first-order valence-electron chi connectivity index (χ1n) is 13.7. The van der Waals surface area contributed by atoms with Crippen LogP contribution in [0.1, 0.15) is 103 Å². The van der Waals surface area contributed by atoms with Gasteiger partial charge in [-0.05, 0) is 12.5 Å². The molecule has 10 heteroatoms. The van der Waals surface area contributed by atoms with E-state index in [0.717, 1.165) is 23.8 Å². The number of unbranched alkanes of at least 4 members (excludes halogenated alkanes) is 13. The van der Waals surface area contributed by atoms with Gasteiger partial charge in [-0.3, -0.25) is 4.57 Å². The van der Waals surface area contributed by atoms with Crippen LogP contribution in [0.2, 0.25) is 0 Å². The third kappa shape index (κ3) is 10.4. The minimum atomic E-state index is -1.30. The van der Waals surface area contributed by atoms with Crippen LogP contribution in [0.4, 0.5) is 10.6 Å². The number of nitrogens with zero attached hydrogens (tertiary/aromatic N) is 2. The summed E-state index contributed by atoms with van der Waals surface area (Å²) in [5.74, 6) is 0.0388. The highest BCUT2D eigenvalue weighted by atomic mass is 16.6. The van der Waals surface area contributed by atoms with Crippen molar-refractivity contribution < 1.29 is 24.5 Å². The number of carbonyl (C=O) groups excluding carboxylic acids is 1. The van der Waals surface area contributed by atoms with Gasteiger partial charge in [0.1, 0.15) is 18.0 Å². The van der Waals surface area contributed by atoms with Crippen LogP contribution in [-0.2, 0) is 9.47 Å². The Labute approximate surface area is 214 Å². The van der Waals surface area contributed by atoms with Crippen LogP contribution in [0.15, 0.2) is 17.1 Å². The third-order valence-electron chi connectivity index (χ3n) is 6.66. The number of alkyl carbamates (subject to hydrolysis) is 1. The van der Waals surface area contributed by atoms with Gasteiger partial charge in [-0.15, -0.1) is 0 Å². The van der Waals surface area contributed by atoms with E-state index in [0.29, 0.717) is 6.54 Å². The number of hydrogen-bond acceptors (Lipinski definition) is 8. The summed E-state index contributed by atoms with van der Waals surface area (Å²) in [6.45, 7) is 2.22. The number of rotatable bonds is 18. The predicted octanol–water partition coefficient (Wildman–Crippen LogP) is 3.65. The number of carbonyl (C=O) groups is 1. The molecule has 36 heavy (non-hydrogen) atoms. The zero-order chi connectivity index (χ0) is 26.2. The molecule has 2 heterocycles. The van der Waals surface area contributed by atoms with E-state index < -0.39 is 42.9 Å². The Morgan fingerprint density at radius 3 is 2.14 bits per heavy atom. The highest BCUT2D eigenvalue weighted by Crippen LogP contribution is 2.31. The topological polar surface area (TPSA) is 149 Å². The molecule has 1 amide bonds. The number of aromatic nitrogens is 2. The molecule has 1 fully saturated rings. The molecular weight excluding hydrogens is 464 g/mol. The SMILES string of the molecule is CCCCCCCCCCCCCCCCNC(=O)OC1C(O)C(CO)OC1n1ccc(N)nc1=O. The largest absolute Gasteiger partial charge is 0.439 e. The average Bonchev–Trinajstić information content (AvgIpc) is 3.16. The number of hydrogen-bond donors (Lipinski definition) is 4. The number of aliphatic hydroxyl groups is 2. The van der Waals surface area contributed by atoms with Gasteiger partial charge in [-0.1, -0.05) is 90.4 Å². The second-order valence-corrected chi connectivity index (χ2v) is 9.67. The van der Waals surface area contributed by atoms with E-state index in [1.54, 1.807) is 0 Å². The Hall–Kier alpha value is -2.17. The van der Waals surface area contributed by atoms with Gasteiger partial charge in [0.2, 0.25) is 0 Å². The summed E-state index contributed by atoms with van der Waals surface area (Å²) in [7, 11) is 0. The summed E-state index contributed by atoms with van der Waals surface area (Å²) in [6.07, 6.45) is 13.7. The van der Waals surface area contributed by atoms with Gasteiger partial charge in [0.25, 0.3) is 0 Å². The van der Waals surface area contributed by atoms with Crippen molar-refractivity contribution in [3.63, 3.8) is 0 Å². The van der Waals surface area contributed by atoms with Crippen molar-refractivity contribution in [1.29, 1.82) is 0 Å². The van der Waals surface area contributed by atoms with Gasteiger partial charge in [0, 0.05) is 12.7 Å². The second-order valence-electron chi connectivity index (χ2n) is 9.67. The van der Waals surface area contributed by atoms with E-state index in [1.165, 1.54) is 82.9 Å². The maximum absolute atomic E-state index is 12.3. The van der Waals surface area contributed by atoms with Crippen molar-refractivity contribution >= 4 is 11.9 Å². The first-order valence-corrected chi connectivity index (χ1v) is 13.7. The summed E-state index contributed by atoms with van der Waals surface area (Å²) in [5, 5.41) is 22.6. The molecule has 2 rings (SSSR count). The highest BCUT2D eigenvalue weighted by Gasteiger charge is 2.47. The monoisotopic (exact) mass is 510 g/mol. The number of aliphatic hydroxyl groups excluding tert-OH is 2. The van der Waals surface area contributed by atoms with Gasteiger partial charge in [0.05, 0.1) is 6.61 Å². The normalized spacial score (nSPS) is 21.5. The Kier molecular flexibility index (Phi) is 14.5. The molecule has 0 radical (unpaired) electrons. The number of nitrogen functional groups attached to an aromatic ring is 1. The average molecular weight is 511 g/mol. The Morgan fingerprint density at radius 2 is 1.61 bits per heavy atom. The molecule has 10 nitrogen and oxygen atoms in total. The van der Waals surface area contributed by atoms with Crippen molar-refractivity contribution in [2.45, 2.75) is 121 Å². The maximum atomic E-state index is 12.3. The molecule has 1 saturated heterocycles. The van der Waals surface area contributed by atoms with E-state index in [4.69, 9.17) is 15.2 Å². The van der Waals surface area contributed by atoms with Gasteiger partial charge >= 0.3 is 11.8 Å². The Morgan fingerprint density at radius 1 is 1.06 bits per heavy atom. The quantitative estimate of drug-likeness (QED) is 0.219. The number of nitrogens with two attached hydrogens (primary N) is 1. The number of anilines is 1. The van der Waals surface area contributed by atoms with Gasteiger partial charge in [0.15, 0.2) is 12.3 Å². The van der Waals surface area contributed by atoms with E-state index in [9.17, 15) is 19.8 Å². The first-order chi connectivity index (χ1) is 17.5. The van der Waals surface area contributed by atoms with Crippen LogP contribution >= 0.6 is 0 Å². The van der Waals surface area contributed by atoms with Crippen LogP contribution in [0.25, 0.3) is 0 Å². The molecule has 0 spiro atoms. The summed E-state index contributed by atoms with van der Waals surface area (Å²) in [5.41, 5.74) is 4.81. The zero-order valence-corrected chi connectivity index (χ0v) is 21.8. The lowest BCUT2D eigenvalue weighted by molar-refractivity contribution is -0.0568. The Balaban J connectivity index is 1.58. The van der Waals surface area contributed by atoms with Gasteiger partial charge in [-0.25, -0.2) is 9.59 Å². The van der Waals surface area contributed by atoms with Crippen molar-refractivity contribution in [3.05, 3.63) is 22.7 Å². The molecule has 0 aromatic carbocycles. The van der Waals surface area contributed by atoms with Crippen LogP contribution < -0.4 is 16.7 Å². The van der Waals surface area contributed by atoms with E-state index in [-0.39, 0.29) is 5.82 Å². The fourth-order valence-electron chi connectivity index (χ4n) is 4.51. The summed E-state index contributed by atoms with van der Waals surface area (Å²) < 4.78 is 12.0. The molecule has 4 unspecified atom stereocenters. The molecule has 1 aromatic heterocycles. The molecule has 1 aliphatic rings. The summed E-state index contributed by atoms with van der Waals surface area (Å²) in [4.78, 5) is 28.1. The van der Waals surface area contributed by atoms with Gasteiger partial charge < -0.3 is 30.7 Å². The molecule has 1 aromatic rings. The minimum Gasteiger partial charge on any atom is -0.439 e. The number of ether oxygens (including phenoxy) is 2. The predicted molar refractivity (Wildman–Crippen MR) is 138 cm³/mol. The van der Waals surface area contributed by atoms with Crippen LogP contribution in [0.5, 0.6) is 0 Å². The smallest absolute Gasteiger partial charge is 0.407 e. The van der Waals surface area contributed by atoms with Gasteiger partial charge in [-0.2, -0.15) is 4.98 Å². The van der Waals surface area contributed by atoms with Crippen LogP contribution in [0, 0.1) is 0 Å². The van der Waals surface area contributed by atoms with E-state index in [1.807, 2.05) is 0 Å². The molecule has 0 bridgehead atoms. The standard InChI is InChI=1S/C26H46N4O6/c1-2-3-4-5-6-7-8-9-10-11-12-13-14-15-17-28-26(34)36-23-22(32)20(19-31)35-24(23)30-18-16-21(27)29-25(30)33/h16,18,20,22-24,31-32H,2-15,17,19H2,1H3,(H,28,34)(H2,27,29,33).